The molecule has 1 aromatic heterocycles. The molecular weight excluding hydrogens is 433 g/mol. The van der Waals surface area contributed by atoms with Crippen LogP contribution in [0.5, 0.6) is 0 Å². The smallest absolute Gasteiger partial charge is 0.107 e. The second kappa shape index (κ2) is 6.92. The van der Waals surface area contributed by atoms with Crippen LogP contribution in [-0.4, -0.2) is 6.54 Å². The molecule has 6 heteroatoms. The highest BCUT2D eigenvalue weighted by atomic mass is 79.9. The summed E-state index contributed by atoms with van der Waals surface area (Å²) in [5, 5.41) is 4.17. The van der Waals surface area contributed by atoms with Gasteiger partial charge in [0.1, 0.15) is 4.34 Å². The van der Waals surface area contributed by atoms with Crippen LogP contribution in [0.4, 0.5) is 0 Å². The lowest BCUT2D eigenvalue weighted by molar-refractivity contribution is 0.639. The quantitative estimate of drug-likeness (QED) is 0.586. The van der Waals surface area contributed by atoms with Gasteiger partial charge in [-0.1, -0.05) is 36.2 Å². The molecule has 0 fully saturated rings. The Labute approximate surface area is 143 Å². The third-order valence-electron chi connectivity index (χ3n) is 2.63. The van der Waals surface area contributed by atoms with Crippen molar-refractivity contribution in [2.24, 2.45) is 0 Å². The molecule has 0 aliphatic rings. The minimum atomic E-state index is 0.101. The van der Waals surface area contributed by atoms with E-state index >= 15 is 0 Å². The van der Waals surface area contributed by atoms with E-state index in [2.05, 4.69) is 56.2 Å². The average Bonchev–Trinajstić information content (AvgIpc) is 2.70. The van der Waals surface area contributed by atoms with E-state index in [0.29, 0.717) is 5.02 Å². The molecule has 102 valence electrons. The molecule has 2 rings (SSSR count). The lowest BCUT2D eigenvalue weighted by Crippen LogP contribution is -2.21. The first-order valence-corrected chi connectivity index (χ1v) is 8.81. The van der Waals surface area contributed by atoms with Crippen LogP contribution < -0.4 is 5.32 Å². The molecule has 1 aromatic carbocycles. The molecular formula is C13H11Br2Cl2NS. The van der Waals surface area contributed by atoms with Crippen molar-refractivity contribution in [1.82, 2.24) is 5.32 Å². The Hall–Kier alpha value is 0.420. The van der Waals surface area contributed by atoms with Gasteiger partial charge in [-0.2, -0.15) is 0 Å². The number of nitrogens with one attached hydrogen (secondary N) is 1. The zero-order chi connectivity index (χ0) is 14.0. The van der Waals surface area contributed by atoms with Gasteiger partial charge in [-0.05, 0) is 62.2 Å². The van der Waals surface area contributed by atoms with Gasteiger partial charge in [-0.3, -0.25) is 0 Å². The molecule has 1 atom stereocenters. The normalized spacial score (nSPS) is 12.7. The highest BCUT2D eigenvalue weighted by Gasteiger charge is 2.18. The number of benzene rings is 1. The fourth-order valence-corrected chi connectivity index (χ4v) is 4.06. The van der Waals surface area contributed by atoms with Crippen molar-refractivity contribution in [3.05, 3.63) is 53.0 Å². The molecule has 0 amide bonds. The zero-order valence-corrected chi connectivity index (χ0v) is 15.5. The van der Waals surface area contributed by atoms with Crippen LogP contribution in [0.25, 0.3) is 0 Å². The number of rotatable bonds is 4. The predicted octanol–water partition coefficient (Wildman–Crippen LogP) is 6.28. The minimum absolute atomic E-state index is 0.101. The van der Waals surface area contributed by atoms with Gasteiger partial charge in [0.05, 0.1) is 11.1 Å². The molecule has 0 radical (unpaired) electrons. The van der Waals surface area contributed by atoms with Crippen molar-refractivity contribution in [2.45, 2.75) is 13.0 Å². The lowest BCUT2D eigenvalue weighted by Gasteiger charge is -2.17. The second-order valence-corrected chi connectivity index (χ2v) is 7.74. The van der Waals surface area contributed by atoms with Crippen molar-refractivity contribution < 1.29 is 0 Å². The largest absolute Gasteiger partial charge is 0.306 e. The Bertz CT molecular complexity index is 567. The van der Waals surface area contributed by atoms with E-state index in [0.717, 1.165) is 30.3 Å². The van der Waals surface area contributed by atoms with Gasteiger partial charge < -0.3 is 5.32 Å². The highest BCUT2D eigenvalue weighted by Crippen LogP contribution is 2.38. The first-order chi connectivity index (χ1) is 9.02. The van der Waals surface area contributed by atoms with Gasteiger partial charge in [-0.15, -0.1) is 11.3 Å². The maximum atomic E-state index is 6.18. The molecule has 19 heavy (non-hydrogen) atoms. The van der Waals surface area contributed by atoms with Crippen molar-refractivity contribution in [2.75, 3.05) is 6.54 Å². The SMILES string of the molecule is CCNC(c1ccc(Br)c(Cl)c1)c1cc(Br)c(Cl)s1. The number of thiophene rings is 1. The maximum absolute atomic E-state index is 6.18. The van der Waals surface area contributed by atoms with Crippen molar-refractivity contribution in [3.8, 4) is 0 Å². The summed E-state index contributed by atoms with van der Waals surface area (Å²) in [4.78, 5) is 1.16. The third-order valence-corrected chi connectivity index (χ3v) is 6.41. The topological polar surface area (TPSA) is 12.0 Å². The van der Waals surface area contributed by atoms with Crippen LogP contribution in [0.2, 0.25) is 9.36 Å². The minimum Gasteiger partial charge on any atom is -0.306 e. The van der Waals surface area contributed by atoms with E-state index < -0.39 is 0 Å². The fourth-order valence-electron chi connectivity index (χ4n) is 1.78. The van der Waals surface area contributed by atoms with E-state index in [1.807, 2.05) is 12.1 Å². The van der Waals surface area contributed by atoms with Gasteiger partial charge in [0.15, 0.2) is 0 Å². The van der Waals surface area contributed by atoms with Crippen LogP contribution >= 0.6 is 66.4 Å². The number of hydrogen-bond donors (Lipinski definition) is 1. The fraction of sp³-hybridized carbons (Fsp3) is 0.231. The molecule has 0 aliphatic carbocycles. The Morgan fingerprint density at radius 2 is 1.95 bits per heavy atom. The highest BCUT2D eigenvalue weighted by molar-refractivity contribution is 9.11. The van der Waals surface area contributed by atoms with Crippen LogP contribution in [-0.2, 0) is 0 Å². The van der Waals surface area contributed by atoms with Gasteiger partial charge in [0, 0.05) is 13.8 Å². The van der Waals surface area contributed by atoms with E-state index in [1.54, 1.807) is 11.3 Å². The lowest BCUT2D eigenvalue weighted by atomic mass is 10.1. The van der Waals surface area contributed by atoms with Crippen molar-refractivity contribution in [1.29, 1.82) is 0 Å². The summed E-state index contributed by atoms with van der Waals surface area (Å²) in [6, 6.07) is 8.15. The molecule has 2 aromatic rings. The monoisotopic (exact) mass is 441 g/mol. The van der Waals surface area contributed by atoms with Crippen LogP contribution in [0.15, 0.2) is 33.2 Å². The van der Waals surface area contributed by atoms with Crippen LogP contribution in [0, 0.1) is 0 Å². The molecule has 0 aliphatic heterocycles. The Morgan fingerprint density at radius 1 is 1.21 bits per heavy atom. The Morgan fingerprint density at radius 3 is 2.47 bits per heavy atom. The zero-order valence-electron chi connectivity index (χ0n) is 10.0. The molecule has 1 N–H and O–H groups in total. The molecule has 0 spiro atoms. The summed E-state index contributed by atoms with van der Waals surface area (Å²) in [5.41, 5.74) is 1.13. The van der Waals surface area contributed by atoms with Gasteiger partial charge in [0.2, 0.25) is 0 Å². The number of hydrogen-bond acceptors (Lipinski definition) is 2. The molecule has 0 bridgehead atoms. The van der Waals surface area contributed by atoms with Crippen LogP contribution in [0.1, 0.15) is 23.4 Å². The van der Waals surface area contributed by atoms with Crippen LogP contribution in [0.3, 0.4) is 0 Å². The number of halogens is 4. The first kappa shape index (κ1) is 15.8. The molecule has 0 saturated heterocycles. The van der Waals surface area contributed by atoms with Crippen molar-refractivity contribution >= 4 is 66.4 Å². The molecule has 1 nitrogen and oxygen atoms in total. The van der Waals surface area contributed by atoms with Gasteiger partial charge >= 0.3 is 0 Å². The van der Waals surface area contributed by atoms with E-state index in [-0.39, 0.29) is 6.04 Å². The molecule has 1 unspecified atom stereocenters. The summed E-state index contributed by atoms with van der Waals surface area (Å²) in [6.07, 6.45) is 0. The summed E-state index contributed by atoms with van der Waals surface area (Å²) < 4.78 is 2.60. The first-order valence-electron chi connectivity index (χ1n) is 5.66. The Kier molecular flexibility index (Phi) is 5.76. The third kappa shape index (κ3) is 3.74. The van der Waals surface area contributed by atoms with E-state index in [9.17, 15) is 0 Å². The predicted molar refractivity (Wildman–Crippen MR) is 91.7 cm³/mol. The maximum Gasteiger partial charge on any atom is 0.107 e. The molecule has 1 heterocycles. The van der Waals surface area contributed by atoms with Crippen molar-refractivity contribution in [3.63, 3.8) is 0 Å². The summed E-state index contributed by atoms with van der Waals surface area (Å²) in [6.45, 7) is 2.95. The second-order valence-electron chi connectivity index (χ2n) is 3.93. The summed E-state index contributed by atoms with van der Waals surface area (Å²) >= 11 is 20.7. The molecule has 0 saturated carbocycles. The van der Waals surface area contributed by atoms with E-state index in [1.165, 1.54) is 0 Å². The summed E-state index contributed by atoms with van der Waals surface area (Å²) in [7, 11) is 0. The van der Waals surface area contributed by atoms with Gasteiger partial charge in [-0.25, -0.2) is 0 Å². The van der Waals surface area contributed by atoms with Gasteiger partial charge in [0.25, 0.3) is 0 Å². The van der Waals surface area contributed by atoms with E-state index in [4.69, 9.17) is 23.2 Å². The summed E-state index contributed by atoms with van der Waals surface area (Å²) in [5.74, 6) is 0. The standard InChI is InChI=1S/C13H11Br2Cl2NS/c1-2-18-12(11-6-9(15)13(17)19-11)7-3-4-8(14)10(16)5-7/h3-6,12,18H,2H2,1H3. The Balaban J connectivity index is 2.41. The average molecular weight is 444 g/mol.